The zero-order valence-electron chi connectivity index (χ0n) is 7.68. The van der Waals surface area contributed by atoms with E-state index in [0.717, 1.165) is 28.5 Å². The van der Waals surface area contributed by atoms with Crippen LogP contribution in [0, 0.1) is 16.7 Å². The van der Waals surface area contributed by atoms with Crippen LogP contribution in [0.2, 0.25) is 0 Å². The van der Waals surface area contributed by atoms with Crippen LogP contribution in [0.15, 0.2) is 11.2 Å². The third-order valence-corrected chi connectivity index (χ3v) is 3.65. The van der Waals surface area contributed by atoms with Crippen LogP contribution in [0.5, 0.6) is 0 Å². The van der Waals surface area contributed by atoms with Crippen molar-refractivity contribution in [2.45, 2.75) is 6.54 Å². The molecule has 0 aromatic carbocycles. The Morgan fingerprint density at radius 3 is 3.27 bits per heavy atom. The van der Waals surface area contributed by atoms with E-state index in [1.54, 1.807) is 18.0 Å². The number of aromatic nitrogens is 1. The first kappa shape index (κ1) is 10.4. The maximum Gasteiger partial charge on any atom is 0.269 e. The molecule has 1 aliphatic rings. The first-order valence-electron chi connectivity index (χ1n) is 4.24. The summed E-state index contributed by atoms with van der Waals surface area (Å²) in [5, 5.41) is 8.76. The highest BCUT2D eigenvalue weighted by Gasteiger charge is 2.20. The van der Waals surface area contributed by atoms with E-state index in [2.05, 4.69) is 9.98 Å². The molecule has 2 rings (SSSR count). The number of amidine groups is 1. The van der Waals surface area contributed by atoms with Gasteiger partial charge in [0.25, 0.3) is 5.26 Å². The van der Waals surface area contributed by atoms with Gasteiger partial charge in [0.05, 0.1) is 6.54 Å². The third-order valence-electron chi connectivity index (χ3n) is 1.88. The normalized spacial score (nSPS) is 18.4. The summed E-state index contributed by atoms with van der Waals surface area (Å²) >= 11 is 2.57. The minimum atomic E-state index is -0.421. The number of nitriles is 1. The smallest absolute Gasteiger partial charge is 0.269 e. The fourth-order valence-electron chi connectivity index (χ4n) is 1.27. The molecular weight excluding hydrogens is 235 g/mol. The van der Waals surface area contributed by atoms with Crippen molar-refractivity contribution in [2.24, 2.45) is 4.99 Å². The molecule has 0 spiro atoms. The molecule has 78 valence electrons. The molecule has 0 N–H and O–H groups in total. The molecule has 1 saturated heterocycles. The fourth-order valence-corrected chi connectivity index (χ4v) is 2.86. The van der Waals surface area contributed by atoms with E-state index in [9.17, 15) is 4.39 Å². The summed E-state index contributed by atoms with van der Waals surface area (Å²) in [6.45, 7) is 1.42. The summed E-state index contributed by atoms with van der Waals surface area (Å²) in [4.78, 5) is 10.1. The predicted molar refractivity (Wildman–Crippen MR) is 58.0 cm³/mol. The monoisotopic (exact) mass is 242 g/mol. The summed E-state index contributed by atoms with van der Waals surface area (Å²) in [6, 6.07) is 0. The van der Waals surface area contributed by atoms with Gasteiger partial charge in [-0.2, -0.15) is 9.65 Å². The first-order valence-corrected chi connectivity index (χ1v) is 6.04. The quantitative estimate of drug-likeness (QED) is 0.740. The van der Waals surface area contributed by atoms with Crippen molar-refractivity contribution in [3.05, 3.63) is 16.3 Å². The zero-order chi connectivity index (χ0) is 10.7. The van der Waals surface area contributed by atoms with Gasteiger partial charge in [-0.05, 0) is 0 Å². The third kappa shape index (κ3) is 2.46. The molecule has 1 aromatic heterocycles. The molecule has 4 nitrogen and oxygen atoms in total. The largest absolute Gasteiger partial charge is 0.345 e. The number of rotatable bonds is 2. The van der Waals surface area contributed by atoms with Gasteiger partial charge >= 0.3 is 0 Å². The lowest BCUT2D eigenvalue weighted by molar-refractivity contribution is 0.461. The van der Waals surface area contributed by atoms with Crippen LogP contribution < -0.4 is 0 Å². The van der Waals surface area contributed by atoms with Gasteiger partial charge in [-0.3, -0.25) is 0 Å². The average molecular weight is 242 g/mol. The van der Waals surface area contributed by atoms with Crippen LogP contribution in [0.3, 0.4) is 0 Å². The molecule has 0 saturated carbocycles. The first-order chi connectivity index (χ1) is 7.29. The lowest BCUT2D eigenvalue weighted by Gasteiger charge is -2.14. The van der Waals surface area contributed by atoms with E-state index < -0.39 is 5.26 Å². The van der Waals surface area contributed by atoms with E-state index >= 15 is 0 Å². The Balaban J connectivity index is 2.06. The zero-order valence-corrected chi connectivity index (χ0v) is 9.31. The highest BCUT2D eigenvalue weighted by Crippen LogP contribution is 2.22. The van der Waals surface area contributed by atoms with E-state index in [1.165, 1.54) is 6.20 Å². The predicted octanol–water partition coefficient (Wildman–Crippen LogP) is 1.67. The Morgan fingerprint density at radius 2 is 2.60 bits per heavy atom. The standard InChI is InChI=1S/C8H7FN4S2/c9-7-11-3-6(15-7)4-13-1-2-14-8(13)12-5-10/h3H,1-2,4H2/b12-8+. The summed E-state index contributed by atoms with van der Waals surface area (Å²) in [5.74, 6) is 0.918. The number of nitrogens with zero attached hydrogens (tertiary/aromatic N) is 4. The average Bonchev–Trinajstić information content (AvgIpc) is 2.78. The summed E-state index contributed by atoms with van der Waals surface area (Å²) < 4.78 is 12.6. The van der Waals surface area contributed by atoms with Crippen LogP contribution in [-0.4, -0.2) is 27.3 Å². The highest BCUT2D eigenvalue weighted by molar-refractivity contribution is 8.14. The second kappa shape index (κ2) is 4.59. The van der Waals surface area contributed by atoms with E-state index in [0.29, 0.717) is 11.7 Å². The maximum absolute atomic E-state index is 12.6. The van der Waals surface area contributed by atoms with Gasteiger partial charge in [-0.25, -0.2) is 4.98 Å². The van der Waals surface area contributed by atoms with Gasteiger partial charge in [-0.1, -0.05) is 23.1 Å². The lowest BCUT2D eigenvalue weighted by atomic mass is 10.5. The van der Waals surface area contributed by atoms with Gasteiger partial charge in [0.2, 0.25) is 6.19 Å². The molecule has 1 fully saturated rings. The van der Waals surface area contributed by atoms with Crippen LogP contribution >= 0.6 is 23.1 Å². The minimum Gasteiger partial charge on any atom is -0.345 e. The van der Waals surface area contributed by atoms with Crippen LogP contribution in [0.1, 0.15) is 4.88 Å². The molecule has 1 aromatic rings. The van der Waals surface area contributed by atoms with E-state index in [1.807, 2.05) is 4.90 Å². The molecule has 15 heavy (non-hydrogen) atoms. The number of aliphatic imine (C=N–C) groups is 1. The lowest BCUT2D eigenvalue weighted by Crippen LogP contribution is -2.23. The van der Waals surface area contributed by atoms with Gasteiger partial charge in [0, 0.05) is 23.4 Å². The van der Waals surface area contributed by atoms with Crippen molar-refractivity contribution in [3.63, 3.8) is 0 Å². The van der Waals surface area contributed by atoms with Crippen molar-refractivity contribution in [3.8, 4) is 6.19 Å². The minimum absolute atomic E-state index is 0.421. The maximum atomic E-state index is 12.6. The Hall–Kier alpha value is -1.13. The Labute approximate surface area is 94.4 Å². The molecule has 0 aliphatic carbocycles. The SMILES string of the molecule is N#C/N=C1/SCCN1Cc1cnc(F)s1. The van der Waals surface area contributed by atoms with Gasteiger partial charge in [0.15, 0.2) is 5.17 Å². The number of thioether (sulfide) groups is 1. The summed E-state index contributed by atoms with van der Waals surface area (Å²) in [5.41, 5.74) is 0. The molecular formula is C8H7FN4S2. The highest BCUT2D eigenvalue weighted by atomic mass is 32.2. The molecule has 0 radical (unpaired) electrons. The van der Waals surface area contributed by atoms with Gasteiger partial charge < -0.3 is 4.90 Å². The molecule has 7 heteroatoms. The van der Waals surface area contributed by atoms with Crippen molar-refractivity contribution >= 4 is 28.3 Å². The Kier molecular flexibility index (Phi) is 3.18. The number of thiazole rings is 1. The number of halogens is 1. The van der Waals surface area contributed by atoms with Crippen LogP contribution in [-0.2, 0) is 6.54 Å². The van der Waals surface area contributed by atoms with Crippen molar-refractivity contribution in [1.82, 2.24) is 9.88 Å². The number of hydrogen-bond donors (Lipinski definition) is 0. The molecule has 1 aliphatic heterocycles. The van der Waals surface area contributed by atoms with Gasteiger partial charge in [0.1, 0.15) is 0 Å². The van der Waals surface area contributed by atoms with Crippen molar-refractivity contribution < 1.29 is 4.39 Å². The Bertz CT molecular complexity index is 423. The second-order valence-electron chi connectivity index (χ2n) is 2.84. The van der Waals surface area contributed by atoms with Crippen LogP contribution in [0.4, 0.5) is 4.39 Å². The fraction of sp³-hybridized carbons (Fsp3) is 0.375. The van der Waals surface area contributed by atoms with E-state index in [-0.39, 0.29) is 0 Å². The molecule has 0 atom stereocenters. The van der Waals surface area contributed by atoms with Crippen molar-refractivity contribution in [1.29, 1.82) is 5.26 Å². The van der Waals surface area contributed by atoms with E-state index in [4.69, 9.17) is 5.26 Å². The number of hydrogen-bond acceptors (Lipinski definition) is 5. The topological polar surface area (TPSA) is 52.3 Å². The second-order valence-corrected chi connectivity index (χ2v) is 4.97. The molecule has 0 unspecified atom stereocenters. The summed E-state index contributed by atoms with van der Waals surface area (Å²) in [6.07, 6.45) is 3.29. The molecule has 2 heterocycles. The van der Waals surface area contributed by atoms with Gasteiger partial charge in [-0.15, -0.1) is 4.99 Å². The molecule has 0 bridgehead atoms. The van der Waals surface area contributed by atoms with Crippen molar-refractivity contribution in [2.75, 3.05) is 12.3 Å². The van der Waals surface area contributed by atoms with Crippen LogP contribution in [0.25, 0.3) is 0 Å². The molecule has 0 amide bonds. The Morgan fingerprint density at radius 1 is 1.73 bits per heavy atom. The summed E-state index contributed by atoms with van der Waals surface area (Å²) in [7, 11) is 0.